The highest BCUT2D eigenvalue weighted by molar-refractivity contribution is 7.88. The van der Waals surface area contributed by atoms with Crippen LogP contribution in [-0.4, -0.2) is 4.21 Å². The van der Waals surface area contributed by atoms with Gasteiger partial charge in [-0.2, -0.15) is 0 Å². The molecule has 14 heavy (non-hydrogen) atoms. The Morgan fingerprint density at radius 3 is 2.14 bits per heavy atom. The predicted octanol–water partition coefficient (Wildman–Crippen LogP) is 2.81. The lowest BCUT2D eigenvalue weighted by molar-refractivity contribution is 0.685. The van der Waals surface area contributed by atoms with Gasteiger partial charge in [0.1, 0.15) is 0 Å². The standard InChI is InChI=1S/C11H8ClOS/c12-9-5-7-11(8-6-9)14(13)10-3-1-2-4-10/h1-8H/t14-/m0/s1. The molecule has 1 aliphatic carbocycles. The van der Waals surface area contributed by atoms with E-state index in [-0.39, 0.29) is 0 Å². The first kappa shape index (κ1) is 10.2. The molecule has 1 aliphatic rings. The molecule has 0 N–H and O–H groups in total. The molecule has 1 nitrogen and oxygen atoms in total. The van der Waals surface area contributed by atoms with E-state index in [1.54, 1.807) is 24.3 Å². The van der Waals surface area contributed by atoms with E-state index in [0.29, 0.717) is 5.02 Å². The van der Waals surface area contributed by atoms with Gasteiger partial charge in [-0.05, 0) is 49.9 Å². The van der Waals surface area contributed by atoms with E-state index < -0.39 is 10.8 Å². The first-order valence-corrected chi connectivity index (χ1v) is 5.69. The molecule has 0 heterocycles. The van der Waals surface area contributed by atoms with Crippen molar-refractivity contribution in [2.45, 2.75) is 4.90 Å². The van der Waals surface area contributed by atoms with Crippen LogP contribution in [0.5, 0.6) is 0 Å². The summed E-state index contributed by atoms with van der Waals surface area (Å²) in [5.74, 6) is 0. The summed E-state index contributed by atoms with van der Waals surface area (Å²) >= 11 is 5.74. The fourth-order valence-electron chi connectivity index (χ4n) is 1.17. The van der Waals surface area contributed by atoms with Crippen molar-refractivity contribution >= 4 is 22.4 Å². The summed E-state index contributed by atoms with van der Waals surface area (Å²) in [6.07, 6.45) is 7.46. The molecule has 0 aliphatic heterocycles. The molecule has 0 unspecified atom stereocenters. The molecule has 0 aromatic heterocycles. The Morgan fingerprint density at radius 1 is 1.00 bits per heavy atom. The first-order chi connectivity index (χ1) is 6.77. The number of hydrogen-bond donors (Lipinski definition) is 0. The average molecular weight is 224 g/mol. The van der Waals surface area contributed by atoms with Gasteiger partial charge >= 0.3 is 0 Å². The molecular formula is C11H8ClOS. The molecule has 2 rings (SSSR count). The monoisotopic (exact) mass is 223 g/mol. The lowest BCUT2D eigenvalue weighted by atomic mass is 10.4. The largest absolute Gasteiger partial charge is 0.254 e. The second-order valence-corrected chi connectivity index (χ2v) is 4.76. The highest BCUT2D eigenvalue weighted by Crippen LogP contribution is 2.30. The Bertz CT molecular complexity index is 328. The lowest BCUT2D eigenvalue weighted by Gasteiger charge is -2.07. The third kappa shape index (κ3) is 2.18. The Kier molecular flexibility index (Phi) is 3.24. The summed E-state index contributed by atoms with van der Waals surface area (Å²) in [4.78, 5) is 0.778. The van der Waals surface area contributed by atoms with Crippen LogP contribution in [0, 0.1) is 30.9 Å². The minimum atomic E-state index is -1.08. The molecular weight excluding hydrogens is 216 g/mol. The molecule has 71 valence electrons. The fourth-order valence-corrected chi connectivity index (χ4v) is 2.36. The summed E-state index contributed by atoms with van der Waals surface area (Å²) in [6.45, 7) is 0. The molecule has 3 heteroatoms. The zero-order chi connectivity index (χ0) is 9.97. The topological polar surface area (TPSA) is 17.1 Å². The summed E-state index contributed by atoms with van der Waals surface area (Å²) in [7, 11) is -1.08. The second kappa shape index (κ2) is 4.45. The maximum atomic E-state index is 11.9. The lowest BCUT2D eigenvalue weighted by Crippen LogP contribution is -2.02. The Hall–Kier alpha value is -0.340. The summed E-state index contributed by atoms with van der Waals surface area (Å²) in [6, 6.07) is 7.06. The van der Waals surface area contributed by atoms with E-state index in [9.17, 15) is 4.21 Å². The van der Waals surface area contributed by atoms with Crippen molar-refractivity contribution in [3.05, 3.63) is 60.2 Å². The van der Waals surface area contributed by atoms with Gasteiger partial charge in [-0.1, -0.05) is 11.6 Å². The van der Waals surface area contributed by atoms with Gasteiger partial charge in [-0.15, -0.1) is 0 Å². The van der Waals surface area contributed by atoms with Crippen LogP contribution >= 0.6 is 11.6 Å². The van der Waals surface area contributed by atoms with Crippen molar-refractivity contribution in [2.24, 2.45) is 0 Å². The van der Waals surface area contributed by atoms with Crippen molar-refractivity contribution in [3.63, 3.8) is 0 Å². The van der Waals surface area contributed by atoms with Crippen LogP contribution in [0.25, 0.3) is 0 Å². The van der Waals surface area contributed by atoms with Gasteiger partial charge in [0.25, 0.3) is 0 Å². The quantitative estimate of drug-likeness (QED) is 0.754. The van der Waals surface area contributed by atoms with E-state index in [2.05, 4.69) is 0 Å². The van der Waals surface area contributed by atoms with E-state index in [4.69, 9.17) is 11.6 Å². The Morgan fingerprint density at radius 2 is 1.57 bits per heavy atom. The zero-order valence-corrected chi connectivity index (χ0v) is 8.89. The predicted molar refractivity (Wildman–Crippen MR) is 58.3 cm³/mol. The normalized spacial score (nSPS) is 19.8. The van der Waals surface area contributed by atoms with Crippen LogP contribution in [-0.2, 0) is 10.8 Å². The van der Waals surface area contributed by atoms with E-state index in [1.165, 1.54) is 0 Å². The smallest absolute Gasteiger partial charge is 0.0754 e. The fraction of sp³-hybridized carbons (Fsp3) is 0. The van der Waals surface area contributed by atoms with Gasteiger partial charge in [0.15, 0.2) is 0 Å². The van der Waals surface area contributed by atoms with Crippen molar-refractivity contribution in [1.29, 1.82) is 0 Å². The molecule has 1 aromatic carbocycles. The van der Waals surface area contributed by atoms with Crippen LogP contribution in [0.3, 0.4) is 0 Å². The summed E-state index contributed by atoms with van der Waals surface area (Å²) in [5.41, 5.74) is 0. The molecule has 1 aromatic rings. The minimum absolute atomic E-state index is 0.660. The number of halogens is 1. The zero-order valence-electron chi connectivity index (χ0n) is 7.31. The summed E-state index contributed by atoms with van der Waals surface area (Å²) in [5, 5.41) is 1.49. The Labute approximate surface area is 91.9 Å². The van der Waals surface area contributed by atoms with E-state index in [1.807, 2.05) is 25.7 Å². The van der Waals surface area contributed by atoms with Crippen LogP contribution in [0.2, 0.25) is 5.02 Å². The third-order valence-corrected chi connectivity index (χ3v) is 3.53. The third-order valence-electron chi connectivity index (χ3n) is 1.87. The molecule has 1 fully saturated rings. The van der Waals surface area contributed by atoms with Crippen molar-refractivity contribution in [3.8, 4) is 0 Å². The van der Waals surface area contributed by atoms with E-state index >= 15 is 0 Å². The van der Waals surface area contributed by atoms with Crippen molar-refractivity contribution in [1.82, 2.24) is 0 Å². The molecule has 1 atom stereocenters. The van der Waals surface area contributed by atoms with Gasteiger partial charge in [0.2, 0.25) is 0 Å². The number of hydrogen-bond acceptors (Lipinski definition) is 1. The minimum Gasteiger partial charge on any atom is -0.254 e. The van der Waals surface area contributed by atoms with E-state index in [0.717, 1.165) is 10.1 Å². The molecule has 0 saturated heterocycles. The SMILES string of the molecule is O=[S@@]([C]1[CH][CH][CH][CH]1)c1ccc(Cl)cc1. The van der Waals surface area contributed by atoms with Gasteiger partial charge in [-0.25, -0.2) is 0 Å². The highest BCUT2D eigenvalue weighted by atomic mass is 35.5. The van der Waals surface area contributed by atoms with Crippen LogP contribution < -0.4 is 0 Å². The van der Waals surface area contributed by atoms with Gasteiger partial charge in [0, 0.05) is 9.92 Å². The maximum Gasteiger partial charge on any atom is 0.0754 e. The maximum absolute atomic E-state index is 11.9. The number of rotatable bonds is 2. The summed E-state index contributed by atoms with van der Waals surface area (Å²) < 4.78 is 11.9. The van der Waals surface area contributed by atoms with Gasteiger partial charge < -0.3 is 0 Å². The molecule has 0 bridgehead atoms. The molecule has 1 saturated carbocycles. The van der Waals surface area contributed by atoms with Crippen LogP contribution in [0.4, 0.5) is 0 Å². The number of benzene rings is 1. The van der Waals surface area contributed by atoms with Gasteiger partial charge in [0.05, 0.1) is 16.0 Å². The first-order valence-electron chi connectivity index (χ1n) is 4.16. The molecule has 0 amide bonds. The average Bonchev–Trinajstić information content (AvgIpc) is 2.71. The molecule has 0 spiro atoms. The van der Waals surface area contributed by atoms with Crippen molar-refractivity contribution < 1.29 is 4.21 Å². The van der Waals surface area contributed by atoms with Crippen LogP contribution in [0.15, 0.2) is 29.2 Å². The Balaban J connectivity index is 2.14. The highest BCUT2D eigenvalue weighted by Gasteiger charge is 2.24. The van der Waals surface area contributed by atoms with Gasteiger partial charge in [-0.3, -0.25) is 4.21 Å². The molecule has 5 radical (unpaired) electrons. The second-order valence-electron chi connectivity index (χ2n) is 2.84. The van der Waals surface area contributed by atoms with Crippen LogP contribution in [0.1, 0.15) is 0 Å². The van der Waals surface area contributed by atoms with Crippen molar-refractivity contribution in [2.75, 3.05) is 0 Å².